The van der Waals surface area contributed by atoms with Crippen LogP contribution in [0, 0.1) is 0 Å². The highest BCUT2D eigenvalue weighted by molar-refractivity contribution is 7.99. The predicted octanol–water partition coefficient (Wildman–Crippen LogP) is 5.85. The summed E-state index contributed by atoms with van der Waals surface area (Å²) in [5, 5.41) is 17.0. The molecule has 0 aliphatic carbocycles. The van der Waals surface area contributed by atoms with Gasteiger partial charge < -0.3 is 14.6 Å². The summed E-state index contributed by atoms with van der Waals surface area (Å²) in [5.41, 5.74) is 1.81. The Balaban J connectivity index is 1.47. The molecule has 0 aliphatic heterocycles. The van der Waals surface area contributed by atoms with E-state index in [1.165, 1.54) is 35.1 Å². The molecule has 0 saturated heterocycles. The largest absolute Gasteiger partial charge is 0.465 e. The summed E-state index contributed by atoms with van der Waals surface area (Å²) >= 11 is 10.3. The quantitative estimate of drug-likeness (QED) is 0.215. The average molecular weight is 533 g/mol. The number of thioether (sulfide) groups is 1. The highest BCUT2D eigenvalue weighted by Gasteiger charge is 2.23. The summed E-state index contributed by atoms with van der Waals surface area (Å²) in [6.45, 7) is 2.73. The van der Waals surface area contributed by atoms with Crippen LogP contribution in [-0.2, 0) is 22.5 Å². The van der Waals surface area contributed by atoms with Gasteiger partial charge in [0.2, 0.25) is 5.91 Å². The number of nitrogens with zero attached hydrogens (tertiary/aromatic N) is 3. The molecule has 0 aliphatic rings. The number of thiophene rings is 2. The minimum Gasteiger partial charge on any atom is -0.465 e. The molecule has 4 aromatic rings. The monoisotopic (exact) mass is 532 g/mol. The third kappa shape index (κ3) is 5.52. The molecular weight excluding hydrogens is 512 g/mol. The summed E-state index contributed by atoms with van der Waals surface area (Å²) in [6, 6.07) is 11.2. The molecule has 3 heterocycles. The Bertz CT molecular complexity index is 1280. The number of aromatic nitrogens is 3. The average Bonchev–Trinajstić information content (AvgIpc) is 3.58. The number of carbonyl (C=O) groups is 2. The van der Waals surface area contributed by atoms with Crippen molar-refractivity contribution in [2.45, 2.75) is 25.0 Å². The lowest BCUT2D eigenvalue weighted by molar-refractivity contribution is -0.113. The SMILES string of the molecule is CCn1c(Cc2cccs2)nnc1SCC(=O)Nc1scc(-c2ccc(Cl)cc2)c1C(=O)OC. The second-order valence-corrected chi connectivity index (χ2v) is 10.4. The van der Waals surface area contributed by atoms with Gasteiger partial charge >= 0.3 is 5.97 Å². The molecule has 11 heteroatoms. The van der Waals surface area contributed by atoms with Gasteiger partial charge in [0.1, 0.15) is 16.4 Å². The molecule has 0 radical (unpaired) electrons. The number of nitrogens with one attached hydrogen (secondary N) is 1. The van der Waals surface area contributed by atoms with Gasteiger partial charge in [-0.3, -0.25) is 4.79 Å². The number of ether oxygens (including phenoxy) is 1. The van der Waals surface area contributed by atoms with Gasteiger partial charge in [-0.25, -0.2) is 4.79 Å². The Morgan fingerprint density at radius 2 is 1.97 bits per heavy atom. The van der Waals surface area contributed by atoms with Crippen molar-refractivity contribution in [3.05, 3.63) is 68.4 Å². The van der Waals surface area contributed by atoms with Gasteiger partial charge in [0.15, 0.2) is 5.16 Å². The lowest BCUT2D eigenvalue weighted by Gasteiger charge is -2.09. The number of esters is 1. The number of halogens is 1. The van der Waals surface area contributed by atoms with E-state index in [1.54, 1.807) is 23.5 Å². The van der Waals surface area contributed by atoms with Gasteiger partial charge in [0.05, 0.1) is 12.9 Å². The Morgan fingerprint density at radius 3 is 2.65 bits per heavy atom. The van der Waals surface area contributed by atoms with Gasteiger partial charge in [0, 0.05) is 33.8 Å². The molecule has 1 N–H and O–H groups in total. The van der Waals surface area contributed by atoms with Gasteiger partial charge in [0.25, 0.3) is 0 Å². The van der Waals surface area contributed by atoms with Crippen LogP contribution in [0.5, 0.6) is 0 Å². The second kappa shape index (κ2) is 11.2. The summed E-state index contributed by atoms with van der Waals surface area (Å²) in [4.78, 5) is 26.5. The third-order valence-electron chi connectivity index (χ3n) is 4.94. The molecular formula is C23H21ClN4O3S3. The van der Waals surface area contributed by atoms with Crippen molar-refractivity contribution in [3.8, 4) is 11.1 Å². The van der Waals surface area contributed by atoms with E-state index >= 15 is 0 Å². The Morgan fingerprint density at radius 1 is 1.18 bits per heavy atom. The van der Waals surface area contributed by atoms with Gasteiger partial charge in [-0.2, -0.15) is 0 Å². The Labute approximate surface area is 214 Å². The molecule has 34 heavy (non-hydrogen) atoms. The normalized spacial score (nSPS) is 10.9. The van der Waals surface area contributed by atoms with Gasteiger partial charge in [-0.15, -0.1) is 32.9 Å². The Hall–Kier alpha value is -2.66. The number of amides is 1. The second-order valence-electron chi connectivity index (χ2n) is 7.09. The number of carbonyl (C=O) groups excluding carboxylic acids is 2. The Kier molecular flexibility index (Phi) is 8.04. The highest BCUT2D eigenvalue weighted by atomic mass is 35.5. The number of hydrogen-bond donors (Lipinski definition) is 1. The molecule has 1 amide bonds. The van der Waals surface area contributed by atoms with Crippen molar-refractivity contribution < 1.29 is 14.3 Å². The minimum absolute atomic E-state index is 0.131. The maximum atomic E-state index is 12.8. The molecule has 7 nitrogen and oxygen atoms in total. The van der Waals surface area contributed by atoms with Crippen LogP contribution >= 0.6 is 46.0 Å². The zero-order valence-electron chi connectivity index (χ0n) is 18.4. The zero-order valence-corrected chi connectivity index (χ0v) is 21.6. The number of anilines is 1. The minimum atomic E-state index is -0.516. The zero-order chi connectivity index (χ0) is 24.1. The molecule has 3 aromatic heterocycles. The lowest BCUT2D eigenvalue weighted by atomic mass is 10.0. The smallest absolute Gasteiger partial charge is 0.341 e. The first kappa shape index (κ1) is 24.5. The molecule has 0 fully saturated rings. The van der Waals surface area contributed by atoms with E-state index in [2.05, 4.69) is 21.6 Å². The van der Waals surface area contributed by atoms with E-state index in [-0.39, 0.29) is 11.7 Å². The maximum absolute atomic E-state index is 12.8. The van der Waals surface area contributed by atoms with E-state index in [0.717, 1.165) is 11.4 Å². The van der Waals surface area contributed by atoms with Crippen LogP contribution in [-0.4, -0.2) is 39.5 Å². The van der Waals surface area contributed by atoms with E-state index in [0.29, 0.717) is 39.3 Å². The summed E-state index contributed by atoms with van der Waals surface area (Å²) in [7, 11) is 1.32. The molecule has 0 spiro atoms. The number of rotatable bonds is 9. The van der Waals surface area contributed by atoms with Gasteiger partial charge in [-0.05, 0) is 36.1 Å². The molecule has 0 unspecified atom stereocenters. The van der Waals surface area contributed by atoms with Crippen molar-refractivity contribution >= 4 is 62.9 Å². The van der Waals surface area contributed by atoms with E-state index in [9.17, 15) is 9.59 Å². The van der Waals surface area contributed by atoms with Crippen LogP contribution in [0.1, 0.15) is 28.0 Å². The lowest BCUT2D eigenvalue weighted by Crippen LogP contribution is -2.16. The molecule has 4 rings (SSSR count). The van der Waals surface area contributed by atoms with Crippen molar-refractivity contribution in [2.24, 2.45) is 0 Å². The standard InChI is InChI=1S/C23H21ClN4O3S3/c1-3-28-18(11-16-5-4-10-32-16)26-27-23(28)34-13-19(29)25-21-20(22(30)31-2)17(12-33-21)14-6-8-15(24)9-7-14/h4-10,12H,3,11,13H2,1-2H3,(H,25,29). The number of benzene rings is 1. The van der Waals surface area contributed by atoms with Crippen LogP contribution in [0.3, 0.4) is 0 Å². The summed E-state index contributed by atoms with van der Waals surface area (Å²) in [5.74, 6) is 0.237. The van der Waals surface area contributed by atoms with Crippen LogP contribution in [0.25, 0.3) is 11.1 Å². The van der Waals surface area contributed by atoms with Crippen LogP contribution < -0.4 is 5.32 Å². The topological polar surface area (TPSA) is 86.1 Å². The van der Waals surface area contributed by atoms with Crippen molar-refractivity contribution in [1.29, 1.82) is 0 Å². The number of methoxy groups -OCH3 is 1. The molecule has 0 atom stereocenters. The molecule has 0 bridgehead atoms. The molecule has 1 aromatic carbocycles. The first-order valence-corrected chi connectivity index (χ1v) is 13.4. The fraction of sp³-hybridized carbons (Fsp3) is 0.217. The highest BCUT2D eigenvalue weighted by Crippen LogP contribution is 2.36. The maximum Gasteiger partial charge on any atom is 0.341 e. The van der Waals surface area contributed by atoms with Crippen molar-refractivity contribution in [3.63, 3.8) is 0 Å². The van der Waals surface area contributed by atoms with Crippen molar-refractivity contribution in [1.82, 2.24) is 14.8 Å². The fourth-order valence-electron chi connectivity index (χ4n) is 3.33. The van der Waals surface area contributed by atoms with Crippen LogP contribution in [0.2, 0.25) is 5.02 Å². The van der Waals surface area contributed by atoms with E-state index in [4.69, 9.17) is 16.3 Å². The third-order valence-corrected chi connectivity index (χ3v) is 7.93. The van der Waals surface area contributed by atoms with E-state index in [1.807, 2.05) is 40.5 Å². The summed E-state index contributed by atoms with van der Waals surface area (Å²) in [6.07, 6.45) is 0.705. The molecule has 0 saturated carbocycles. The van der Waals surface area contributed by atoms with Crippen molar-refractivity contribution in [2.75, 3.05) is 18.2 Å². The first-order chi connectivity index (χ1) is 16.5. The van der Waals surface area contributed by atoms with Gasteiger partial charge in [-0.1, -0.05) is 41.6 Å². The van der Waals surface area contributed by atoms with Crippen LogP contribution in [0.4, 0.5) is 5.00 Å². The predicted molar refractivity (Wildman–Crippen MR) is 138 cm³/mol. The van der Waals surface area contributed by atoms with Crippen LogP contribution in [0.15, 0.2) is 52.3 Å². The first-order valence-electron chi connectivity index (χ1n) is 10.3. The summed E-state index contributed by atoms with van der Waals surface area (Å²) < 4.78 is 6.99. The fourth-order valence-corrected chi connectivity index (χ4v) is 5.95. The number of hydrogen-bond acceptors (Lipinski definition) is 8. The van der Waals surface area contributed by atoms with E-state index < -0.39 is 5.97 Å². The molecule has 176 valence electrons.